The predicted octanol–water partition coefficient (Wildman–Crippen LogP) is 2.41. The Kier molecular flexibility index (Phi) is 3.52. The van der Waals surface area contributed by atoms with Crippen molar-refractivity contribution in [1.29, 1.82) is 0 Å². The highest BCUT2D eigenvalue weighted by Crippen LogP contribution is 2.39. The van der Waals surface area contributed by atoms with Gasteiger partial charge in [0.15, 0.2) is 11.3 Å². The summed E-state index contributed by atoms with van der Waals surface area (Å²) in [5.74, 6) is 0.345. The van der Waals surface area contributed by atoms with Crippen molar-refractivity contribution in [2.45, 2.75) is 39.2 Å². The van der Waals surface area contributed by atoms with Gasteiger partial charge < -0.3 is 5.32 Å². The Balaban J connectivity index is 1.75. The molecule has 1 saturated carbocycles. The summed E-state index contributed by atoms with van der Waals surface area (Å²) < 4.78 is 1.82. The van der Waals surface area contributed by atoms with Crippen LogP contribution in [-0.4, -0.2) is 35.8 Å². The van der Waals surface area contributed by atoms with Gasteiger partial charge in [0.05, 0.1) is 11.9 Å². The van der Waals surface area contributed by atoms with Crippen LogP contribution in [0.2, 0.25) is 0 Å². The minimum atomic E-state index is -0.232. The maximum absolute atomic E-state index is 12.8. The van der Waals surface area contributed by atoms with Crippen LogP contribution in [-0.2, 0) is 0 Å². The summed E-state index contributed by atoms with van der Waals surface area (Å²) in [5, 5.41) is 3.11. The highest BCUT2D eigenvalue weighted by Gasteiger charge is 2.39. The van der Waals surface area contributed by atoms with E-state index in [1.54, 1.807) is 24.9 Å². The number of imidazole rings is 1. The molecule has 3 aromatic heterocycles. The predicted molar refractivity (Wildman–Crippen MR) is 93.0 cm³/mol. The number of hydrogen-bond acceptors (Lipinski definition) is 5. The molecule has 1 aliphatic carbocycles. The summed E-state index contributed by atoms with van der Waals surface area (Å²) in [5.41, 5.74) is 2.91. The van der Waals surface area contributed by atoms with Crippen LogP contribution in [0, 0.1) is 12.8 Å². The van der Waals surface area contributed by atoms with E-state index in [0.29, 0.717) is 28.6 Å². The van der Waals surface area contributed by atoms with Gasteiger partial charge in [-0.1, -0.05) is 0 Å². The van der Waals surface area contributed by atoms with Gasteiger partial charge in [-0.15, -0.1) is 0 Å². The molecule has 4 rings (SSSR count). The summed E-state index contributed by atoms with van der Waals surface area (Å²) in [6.07, 6.45) is 8.85. The largest absolute Gasteiger partial charge is 0.345 e. The normalized spacial score (nSPS) is 14.7. The van der Waals surface area contributed by atoms with Crippen LogP contribution in [0.15, 0.2) is 31.0 Å². The Morgan fingerprint density at radius 1 is 1.24 bits per heavy atom. The highest BCUT2D eigenvalue weighted by molar-refractivity contribution is 5.98. The van der Waals surface area contributed by atoms with E-state index in [9.17, 15) is 4.79 Å². The van der Waals surface area contributed by atoms with Gasteiger partial charge in [-0.25, -0.2) is 9.97 Å². The van der Waals surface area contributed by atoms with E-state index in [0.717, 1.165) is 18.5 Å². The van der Waals surface area contributed by atoms with Crippen molar-refractivity contribution in [3.8, 4) is 11.4 Å². The fraction of sp³-hybridized carbons (Fsp3) is 0.389. The van der Waals surface area contributed by atoms with Crippen molar-refractivity contribution in [2.75, 3.05) is 0 Å². The van der Waals surface area contributed by atoms with E-state index in [2.05, 4.69) is 39.1 Å². The van der Waals surface area contributed by atoms with Crippen molar-refractivity contribution in [3.63, 3.8) is 0 Å². The number of carbonyl (C=O) groups excluding carboxylic acids is 1. The molecule has 128 valence electrons. The zero-order chi connectivity index (χ0) is 17.6. The minimum absolute atomic E-state index is 0.192. The number of carbonyl (C=O) groups is 1. The second kappa shape index (κ2) is 5.61. The van der Waals surface area contributed by atoms with E-state index in [4.69, 9.17) is 0 Å². The van der Waals surface area contributed by atoms with Gasteiger partial charge in [0.2, 0.25) is 0 Å². The number of nitrogens with one attached hydrogen (secondary N) is 1. The zero-order valence-corrected chi connectivity index (χ0v) is 14.5. The summed E-state index contributed by atoms with van der Waals surface area (Å²) in [6, 6.07) is 1.91. The summed E-state index contributed by atoms with van der Waals surface area (Å²) in [7, 11) is 0. The molecule has 1 fully saturated rings. The van der Waals surface area contributed by atoms with E-state index >= 15 is 0 Å². The van der Waals surface area contributed by atoms with Crippen molar-refractivity contribution in [3.05, 3.63) is 42.4 Å². The first kappa shape index (κ1) is 15.7. The monoisotopic (exact) mass is 336 g/mol. The molecule has 1 aliphatic rings. The quantitative estimate of drug-likeness (QED) is 0.791. The first-order valence-electron chi connectivity index (χ1n) is 8.39. The molecule has 0 aliphatic heterocycles. The number of hydrogen-bond donors (Lipinski definition) is 1. The molecule has 7 nitrogen and oxygen atoms in total. The van der Waals surface area contributed by atoms with Crippen LogP contribution >= 0.6 is 0 Å². The fourth-order valence-corrected chi connectivity index (χ4v) is 3.10. The molecular weight excluding hydrogens is 316 g/mol. The van der Waals surface area contributed by atoms with Gasteiger partial charge >= 0.3 is 0 Å². The average Bonchev–Trinajstić information content (AvgIpc) is 3.36. The number of fused-ring (bicyclic) bond motifs is 1. The topological polar surface area (TPSA) is 85.1 Å². The first-order chi connectivity index (χ1) is 12.0. The second-order valence-corrected chi connectivity index (χ2v) is 7.11. The van der Waals surface area contributed by atoms with Crippen LogP contribution < -0.4 is 5.32 Å². The lowest BCUT2D eigenvalue weighted by Crippen LogP contribution is -2.45. The van der Waals surface area contributed by atoms with E-state index < -0.39 is 0 Å². The maximum atomic E-state index is 12.8. The Bertz CT molecular complexity index is 943. The molecule has 0 saturated heterocycles. The number of amides is 1. The second-order valence-electron chi connectivity index (χ2n) is 7.11. The SMILES string of the molecule is Cc1cc(-c2cnccn2)nc2c(C(=O)NC(C)(C)C3CC3)ncn12. The number of aryl methyl sites for hydroxylation is 1. The van der Waals surface area contributed by atoms with Crippen molar-refractivity contribution >= 4 is 11.6 Å². The summed E-state index contributed by atoms with van der Waals surface area (Å²) >= 11 is 0. The fourth-order valence-electron chi connectivity index (χ4n) is 3.10. The minimum Gasteiger partial charge on any atom is -0.345 e. The third-order valence-electron chi connectivity index (χ3n) is 4.77. The van der Waals surface area contributed by atoms with Gasteiger partial charge in [0.25, 0.3) is 5.91 Å². The van der Waals surface area contributed by atoms with Gasteiger partial charge in [0.1, 0.15) is 12.0 Å². The molecule has 0 bridgehead atoms. The molecule has 0 radical (unpaired) electrons. The molecule has 7 heteroatoms. The first-order valence-corrected chi connectivity index (χ1v) is 8.39. The van der Waals surface area contributed by atoms with Crippen molar-refractivity contribution in [1.82, 2.24) is 29.7 Å². The molecule has 3 heterocycles. The molecule has 0 aromatic carbocycles. The average molecular weight is 336 g/mol. The molecule has 1 N–H and O–H groups in total. The molecule has 0 unspecified atom stereocenters. The molecular formula is C18H20N6O. The maximum Gasteiger partial charge on any atom is 0.274 e. The van der Waals surface area contributed by atoms with E-state index in [1.807, 2.05) is 17.4 Å². The molecule has 1 amide bonds. The number of aromatic nitrogens is 5. The Hall–Kier alpha value is -2.83. The molecule has 25 heavy (non-hydrogen) atoms. The Labute approximate surface area is 145 Å². The van der Waals surface area contributed by atoms with Crippen LogP contribution in [0.1, 0.15) is 42.9 Å². The smallest absolute Gasteiger partial charge is 0.274 e. The van der Waals surface area contributed by atoms with Gasteiger partial charge in [-0.3, -0.25) is 19.2 Å². The van der Waals surface area contributed by atoms with Crippen LogP contribution in [0.3, 0.4) is 0 Å². The zero-order valence-electron chi connectivity index (χ0n) is 14.5. The van der Waals surface area contributed by atoms with E-state index in [-0.39, 0.29) is 11.4 Å². The van der Waals surface area contributed by atoms with Gasteiger partial charge in [-0.05, 0) is 45.6 Å². The molecule has 3 aromatic rings. The summed E-state index contributed by atoms with van der Waals surface area (Å²) in [6.45, 7) is 6.07. The number of nitrogens with zero attached hydrogens (tertiary/aromatic N) is 5. The number of rotatable bonds is 4. The van der Waals surface area contributed by atoms with Gasteiger partial charge in [-0.2, -0.15) is 0 Å². The van der Waals surface area contributed by atoms with Crippen molar-refractivity contribution < 1.29 is 4.79 Å². The summed E-state index contributed by atoms with van der Waals surface area (Å²) in [4.78, 5) is 30.1. The highest BCUT2D eigenvalue weighted by atomic mass is 16.2. The van der Waals surface area contributed by atoms with Crippen molar-refractivity contribution in [2.24, 2.45) is 5.92 Å². The van der Waals surface area contributed by atoms with Crippen LogP contribution in [0.4, 0.5) is 0 Å². The van der Waals surface area contributed by atoms with E-state index in [1.165, 1.54) is 0 Å². The lowest BCUT2D eigenvalue weighted by molar-refractivity contribution is 0.0900. The Morgan fingerprint density at radius 2 is 2.04 bits per heavy atom. The molecule has 0 atom stereocenters. The Morgan fingerprint density at radius 3 is 2.72 bits per heavy atom. The standard InChI is InChI=1S/C18H20N6O/c1-11-8-13(14-9-19-6-7-20-14)22-16-15(21-10-24(11)16)17(25)23-18(2,3)12-4-5-12/h6-10,12H,4-5H2,1-3H3,(H,23,25). The third kappa shape index (κ3) is 2.86. The lowest BCUT2D eigenvalue weighted by atomic mass is 9.98. The third-order valence-corrected chi connectivity index (χ3v) is 4.77. The van der Waals surface area contributed by atoms with Gasteiger partial charge in [0, 0.05) is 23.6 Å². The molecule has 0 spiro atoms. The lowest BCUT2D eigenvalue weighted by Gasteiger charge is -2.25. The van der Waals surface area contributed by atoms with Crippen LogP contribution in [0.25, 0.3) is 17.0 Å². The van der Waals surface area contributed by atoms with Crippen LogP contribution in [0.5, 0.6) is 0 Å².